The first-order chi connectivity index (χ1) is 36.2. The fourth-order valence-electron chi connectivity index (χ4n) is 9.89. The Morgan fingerprint density at radius 1 is 0.200 bits per heavy atom. The van der Waals surface area contributed by atoms with E-state index in [9.17, 15) is 0 Å². The highest BCUT2D eigenvalue weighted by atomic mass is 14.0. The maximum absolute atomic E-state index is 2.50. The summed E-state index contributed by atoms with van der Waals surface area (Å²) in [6.45, 7) is 27.4. The molecule has 0 heterocycles. The molecule has 0 aromatic rings. The second-order valence-electron chi connectivity index (χ2n) is 23.8. The van der Waals surface area contributed by atoms with Crippen LogP contribution in [0.5, 0.6) is 0 Å². The first kappa shape index (κ1) is 82.8. The molecule has 0 spiro atoms. The van der Waals surface area contributed by atoms with Gasteiger partial charge in [0, 0.05) is 0 Å². The van der Waals surface area contributed by atoms with Crippen molar-refractivity contribution in [2.24, 2.45) is 0 Å². The largest absolute Gasteiger partial charge is 0.0887 e. The smallest absolute Gasteiger partial charge is 0.0323 e. The molecular weight excluding hydrogens is 901 g/mol. The fourth-order valence-corrected chi connectivity index (χ4v) is 9.89. The Labute approximate surface area is 481 Å². The minimum Gasteiger partial charge on any atom is -0.0887 e. The van der Waals surface area contributed by atoms with Crippen LogP contribution in [0.15, 0.2) is 46.6 Å². The predicted octanol–water partition coefficient (Wildman–Crippen LogP) is 29.6. The summed E-state index contributed by atoms with van der Waals surface area (Å²) in [6, 6.07) is 0. The van der Waals surface area contributed by atoms with Gasteiger partial charge >= 0.3 is 0 Å². The fraction of sp³-hybridized carbons (Fsp3) is 0.893. The minimum atomic E-state index is 0. The summed E-state index contributed by atoms with van der Waals surface area (Å²) in [6.07, 6.45) is 85.9. The van der Waals surface area contributed by atoms with Gasteiger partial charge in [-0.2, -0.15) is 0 Å². The summed E-state index contributed by atoms with van der Waals surface area (Å²) in [5.74, 6) is 0. The molecular formula is C75H152. The van der Waals surface area contributed by atoms with Crippen LogP contribution < -0.4 is 0 Å². The molecule has 75 heavy (non-hydrogen) atoms. The summed E-state index contributed by atoms with van der Waals surface area (Å²) in [4.78, 5) is 0. The molecule has 0 saturated carbocycles. The molecule has 0 aromatic carbocycles. The highest BCUT2D eigenvalue weighted by Crippen LogP contribution is 2.18. The molecule has 0 bridgehead atoms. The quantitative estimate of drug-likeness (QED) is 0.0421. The summed E-state index contributed by atoms with van der Waals surface area (Å²) in [7, 11) is 0. The number of hydrogen-bond donors (Lipinski definition) is 0. The molecule has 0 N–H and O–H groups in total. The third-order valence-corrected chi connectivity index (χ3v) is 15.6. The van der Waals surface area contributed by atoms with Gasteiger partial charge in [-0.05, 0) is 125 Å². The summed E-state index contributed by atoms with van der Waals surface area (Å²) in [5.41, 5.74) is 6.44. The first-order valence-corrected chi connectivity index (χ1v) is 34.8. The highest BCUT2D eigenvalue weighted by molar-refractivity contribution is 4.99. The molecule has 0 heteroatoms. The summed E-state index contributed by atoms with van der Waals surface area (Å²) >= 11 is 0. The first-order valence-electron chi connectivity index (χ1n) is 34.8. The van der Waals surface area contributed by atoms with Gasteiger partial charge in [0.15, 0.2) is 0 Å². The maximum Gasteiger partial charge on any atom is -0.0323 e. The van der Waals surface area contributed by atoms with E-state index in [-0.39, 0.29) is 7.43 Å². The van der Waals surface area contributed by atoms with Crippen LogP contribution in [-0.4, -0.2) is 0 Å². The van der Waals surface area contributed by atoms with Crippen molar-refractivity contribution in [1.82, 2.24) is 0 Å². The Morgan fingerprint density at radius 2 is 0.347 bits per heavy atom. The van der Waals surface area contributed by atoms with Gasteiger partial charge in [0.05, 0.1) is 0 Å². The molecule has 0 aliphatic carbocycles. The zero-order valence-electron chi connectivity index (χ0n) is 54.5. The number of rotatable bonds is 54. The Balaban J connectivity index is -0.000000292. The van der Waals surface area contributed by atoms with Gasteiger partial charge in [0.1, 0.15) is 0 Å². The average Bonchev–Trinajstić information content (AvgIpc) is 3.40. The Hall–Kier alpha value is -1.04. The second kappa shape index (κ2) is 79.4. The van der Waals surface area contributed by atoms with E-state index in [1.54, 1.807) is 22.3 Å². The molecule has 0 aliphatic rings. The van der Waals surface area contributed by atoms with Crippen LogP contribution in [0.2, 0.25) is 0 Å². The zero-order chi connectivity index (χ0) is 55.3. The van der Waals surface area contributed by atoms with E-state index in [2.05, 4.69) is 107 Å². The van der Waals surface area contributed by atoms with Crippen LogP contribution in [0.4, 0.5) is 0 Å². The number of hydrogen-bond acceptors (Lipinski definition) is 0. The molecule has 0 fully saturated rings. The van der Waals surface area contributed by atoms with E-state index in [0.29, 0.717) is 0 Å². The Bertz CT molecular complexity index is 1040. The molecule has 0 nitrogen and oxygen atoms in total. The van der Waals surface area contributed by atoms with E-state index in [0.717, 1.165) is 0 Å². The lowest BCUT2D eigenvalue weighted by Crippen LogP contribution is -1.83. The van der Waals surface area contributed by atoms with Crippen molar-refractivity contribution in [3.05, 3.63) is 46.6 Å². The van der Waals surface area contributed by atoms with Crippen molar-refractivity contribution < 1.29 is 0 Å². The standard InChI is InChI=1S/3C20H40.C14H28.CH4/c3*1-4-6-8-10-12-13-15-17-19-20(3)18-16-14-11-9-7-5-2;1-4-6-7-8-9-10-11-12-13-14(3)5-2;/h2*19H,4-18H2,1-3H3;18H,4-17,19H2,1-3H3;5H,4,6-13H2,1-3H3;1H4/b20-19+;20-19-;20-18-;14-5+;. The average molecular weight is 1050 g/mol. The zero-order valence-corrected chi connectivity index (χ0v) is 54.5. The summed E-state index contributed by atoms with van der Waals surface area (Å²) in [5, 5.41) is 0. The molecule has 0 saturated heterocycles. The molecule has 0 radical (unpaired) electrons. The van der Waals surface area contributed by atoms with Crippen molar-refractivity contribution in [3.8, 4) is 0 Å². The van der Waals surface area contributed by atoms with E-state index in [4.69, 9.17) is 0 Å². The van der Waals surface area contributed by atoms with Crippen molar-refractivity contribution in [2.75, 3.05) is 0 Å². The number of allylic oxidation sites excluding steroid dienone is 8. The lowest BCUT2D eigenvalue weighted by Gasteiger charge is -2.03. The molecule has 452 valence electrons. The van der Waals surface area contributed by atoms with Crippen molar-refractivity contribution in [2.45, 2.75) is 437 Å². The lowest BCUT2D eigenvalue weighted by atomic mass is 10.0. The van der Waals surface area contributed by atoms with Crippen LogP contribution in [0.1, 0.15) is 437 Å². The molecule has 0 amide bonds. The van der Waals surface area contributed by atoms with Crippen LogP contribution >= 0.6 is 0 Å². The third-order valence-electron chi connectivity index (χ3n) is 15.6. The van der Waals surface area contributed by atoms with Gasteiger partial charge < -0.3 is 0 Å². The number of unbranched alkanes of at least 4 members (excludes halogenated alkanes) is 43. The van der Waals surface area contributed by atoms with Gasteiger partial charge in [0.25, 0.3) is 0 Å². The van der Waals surface area contributed by atoms with Gasteiger partial charge in [-0.25, -0.2) is 0 Å². The second-order valence-corrected chi connectivity index (χ2v) is 23.8. The van der Waals surface area contributed by atoms with E-state index in [1.165, 1.54) is 347 Å². The van der Waals surface area contributed by atoms with Crippen LogP contribution in [-0.2, 0) is 0 Å². The molecule has 0 rings (SSSR count). The predicted molar refractivity (Wildman–Crippen MR) is 356 cm³/mol. The topological polar surface area (TPSA) is 0 Å². The maximum atomic E-state index is 2.50. The Kier molecular flexibility index (Phi) is 87.7. The normalized spacial score (nSPS) is 11.9. The molecule has 0 atom stereocenters. The molecule has 0 aliphatic heterocycles. The van der Waals surface area contributed by atoms with E-state index >= 15 is 0 Å². The van der Waals surface area contributed by atoms with E-state index in [1.807, 2.05) is 0 Å². The van der Waals surface area contributed by atoms with Gasteiger partial charge in [-0.15, -0.1) is 0 Å². The van der Waals surface area contributed by atoms with Crippen molar-refractivity contribution in [3.63, 3.8) is 0 Å². The van der Waals surface area contributed by atoms with Crippen LogP contribution in [0, 0.1) is 0 Å². The van der Waals surface area contributed by atoms with E-state index < -0.39 is 0 Å². The lowest BCUT2D eigenvalue weighted by molar-refractivity contribution is 0.574. The molecule has 0 unspecified atom stereocenters. The third kappa shape index (κ3) is 87.1. The van der Waals surface area contributed by atoms with Crippen molar-refractivity contribution >= 4 is 0 Å². The Morgan fingerprint density at radius 3 is 0.520 bits per heavy atom. The van der Waals surface area contributed by atoms with Crippen LogP contribution in [0.25, 0.3) is 0 Å². The van der Waals surface area contributed by atoms with Gasteiger partial charge in [-0.3, -0.25) is 0 Å². The minimum absolute atomic E-state index is 0. The van der Waals surface area contributed by atoms with Crippen LogP contribution in [0.3, 0.4) is 0 Å². The summed E-state index contributed by atoms with van der Waals surface area (Å²) < 4.78 is 0. The highest BCUT2D eigenvalue weighted by Gasteiger charge is 1.98. The molecule has 0 aromatic heterocycles. The van der Waals surface area contributed by atoms with Gasteiger partial charge in [0.2, 0.25) is 0 Å². The SMILES string of the molecule is C.C/C=C(\C)CCCCCCCCCC.CCCCCCC/C=C(/C)CCCCCCCCCC.CCCCCCCCC/C=C(/C)CCCCCCCC.CCCCCCCCC/C=C(\C)CCCCCCCC. The van der Waals surface area contributed by atoms with Gasteiger partial charge in [-0.1, -0.05) is 359 Å². The van der Waals surface area contributed by atoms with Crippen molar-refractivity contribution in [1.29, 1.82) is 0 Å². The monoisotopic (exact) mass is 1050 g/mol.